The molecule has 2 rings (SSSR count). The molecule has 0 N–H and O–H groups in total. The lowest BCUT2D eigenvalue weighted by Crippen LogP contribution is -2.19. The third-order valence-corrected chi connectivity index (χ3v) is 5.55. The lowest BCUT2D eigenvalue weighted by molar-refractivity contribution is -0.158. The number of allylic oxidation sites excluding steroid dienone is 9. The van der Waals surface area contributed by atoms with Gasteiger partial charge in [0.05, 0.1) is 5.56 Å². The highest BCUT2D eigenvalue weighted by molar-refractivity contribution is 5.95. The van der Waals surface area contributed by atoms with Gasteiger partial charge in [-0.1, -0.05) is 55.4 Å². The van der Waals surface area contributed by atoms with E-state index in [-0.39, 0.29) is 11.0 Å². The zero-order chi connectivity index (χ0) is 25.1. The molecule has 0 saturated carbocycles. The van der Waals surface area contributed by atoms with Crippen LogP contribution in [0.25, 0.3) is 0 Å². The van der Waals surface area contributed by atoms with Gasteiger partial charge < -0.3 is 9.47 Å². The molecule has 0 spiro atoms. The number of esters is 3. The Kier molecular flexibility index (Phi) is 9.92. The van der Waals surface area contributed by atoms with Crippen LogP contribution in [0.5, 0.6) is 0 Å². The second-order valence-electron chi connectivity index (χ2n) is 9.03. The first kappa shape index (κ1) is 26.7. The Morgan fingerprint density at radius 3 is 2.59 bits per heavy atom. The molecule has 1 heterocycles. The molecule has 0 aliphatic heterocycles. The van der Waals surface area contributed by atoms with Crippen molar-refractivity contribution in [2.75, 3.05) is 6.61 Å². The Morgan fingerprint density at radius 1 is 1.15 bits per heavy atom. The highest BCUT2D eigenvalue weighted by Gasteiger charge is 2.26. The maximum Gasteiger partial charge on any atom is 0.352 e. The van der Waals surface area contributed by atoms with Crippen molar-refractivity contribution < 1.29 is 23.9 Å². The molecule has 0 radical (unpaired) electrons. The third-order valence-electron chi connectivity index (χ3n) is 5.55. The number of hydrogen-bond acceptors (Lipinski definition) is 6. The van der Waals surface area contributed by atoms with E-state index in [1.807, 2.05) is 19.1 Å². The van der Waals surface area contributed by atoms with E-state index in [1.165, 1.54) is 48.5 Å². The summed E-state index contributed by atoms with van der Waals surface area (Å²) in [5.41, 5.74) is 4.96. The summed E-state index contributed by atoms with van der Waals surface area (Å²) >= 11 is 0. The van der Waals surface area contributed by atoms with E-state index < -0.39 is 24.5 Å². The van der Waals surface area contributed by atoms with E-state index in [0.29, 0.717) is 5.57 Å². The molecule has 0 amide bonds. The number of carbonyl (C=O) groups excluding carboxylic acids is 3. The van der Waals surface area contributed by atoms with Crippen LogP contribution in [0.3, 0.4) is 0 Å². The van der Waals surface area contributed by atoms with E-state index in [2.05, 4.69) is 42.6 Å². The van der Waals surface area contributed by atoms with Crippen LogP contribution in [-0.2, 0) is 19.1 Å². The summed E-state index contributed by atoms with van der Waals surface area (Å²) in [6, 6.07) is 3.08. The van der Waals surface area contributed by atoms with Crippen molar-refractivity contribution >= 4 is 17.9 Å². The first-order valence-electron chi connectivity index (χ1n) is 11.3. The van der Waals surface area contributed by atoms with Gasteiger partial charge >= 0.3 is 17.9 Å². The summed E-state index contributed by atoms with van der Waals surface area (Å²) in [7, 11) is 0. The fourth-order valence-corrected chi connectivity index (χ4v) is 3.73. The molecule has 0 atom stereocenters. The van der Waals surface area contributed by atoms with E-state index in [4.69, 9.17) is 4.74 Å². The van der Waals surface area contributed by atoms with Crippen LogP contribution >= 0.6 is 0 Å². The minimum absolute atomic E-state index is 0.198. The third kappa shape index (κ3) is 8.77. The summed E-state index contributed by atoms with van der Waals surface area (Å²) in [6.07, 6.45) is 17.5. The standard InChI is InChI=1S/C28H33NO5/c1-20(13-14-24-22(3)11-7-15-28(24,4)5)9-6-10-21(2)17-25(30)34-26(31)19-33-27(32)23-12-8-16-29-18-23/h6,8-10,12-14,16-18H,7,11,15,19H2,1-5H3/b10-6+,14-13+,20-9+,21-17+. The molecule has 34 heavy (non-hydrogen) atoms. The molecule has 0 fully saturated rings. The van der Waals surface area contributed by atoms with Gasteiger partial charge in [0.15, 0.2) is 6.61 Å². The first-order chi connectivity index (χ1) is 16.1. The molecule has 1 aromatic heterocycles. The molecule has 6 heteroatoms. The Morgan fingerprint density at radius 2 is 1.91 bits per heavy atom. The molecule has 0 bridgehead atoms. The minimum Gasteiger partial charge on any atom is -0.450 e. The average Bonchev–Trinajstić information content (AvgIpc) is 2.77. The van der Waals surface area contributed by atoms with Crippen LogP contribution in [0.2, 0.25) is 0 Å². The highest BCUT2D eigenvalue weighted by Crippen LogP contribution is 2.40. The van der Waals surface area contributed by atoms with Crippen molar-refractivity contribution in [2.24, 2.45) is 5.41 Å². The highest BCUT2D eigenvalue weighted by atomic mass is 16.6. The molecule has 180 valence electrons. The minimum atomic E-state index is -0.952. The van der Waals surface area contributed by atoms with Crippen molar-refractivity contribution in [1.82, 2.24) is 4.98 Å². The van der Waals surface area contributed by atoms with Gasteiger partial charge in [0, 0.05) is 18.5 Å². The SMILES string of the molecule is CC1=C(/C=C/C(C)=C/C=C/C(C)=C/C(=O)OC(=O)COC(=O)c2cccnc2)C(C)(C)CCC1. The van der Waals surface area contributed by atoms with Crippen molar-refractivity contribution in [3.8, 4) is 0 Å². The number of nitrogens with zero attached hydrogens (tertiary/aromatic N) is 1. The monoisotopic (exact) mass is 463 g/mol. The lowest BCUT2D eigenvalue weighted by atomic mass is 9.72. The van der Waals surface area contributed by atoms with E-state index in [9.17, 15) is 14.4 Å². The summed E-state index contributed by atoms with van der Waals surface area (Å²) in [6.45, 7) is 9.87. The fourth-order valence-electron chi connectivity index (χ4n) is 3.73. The second-order valence-corrected chi connectivity index (χ2v) is 9.03. The summed E-state index contributed by atoms with van der Waals surface area (Å²) in [5.74, 6) is -2.50. The van der Waals surface area contributed by atoms with Gasteiger partial charge in [-0.15, -0.1) is 0 Å². The lowest BCUT2D eigenvalue weighted by Gasteiger charge is -2.32. The number of rotatable bonds is 8. The van der Waals surface area contributed by atoms with Gasteiger partial charge in [0.1, 0.15) is 0 Å². The molecule has 1 aliphatic rings. The Hall–Kier alpha value is -3.54. The molecule has 0 unspecified atom stereocenters. The predicted octanol–water partition coefficient (Wildman–Crippen LogP) is 5.84. The smallest absolute Gasteiger partial charge is 0.352 e. The molecule has 6 nitrogen and oxygen atoms in total. The van der Waals surface area contributed by atoms with Gasteiger partial charge in [-0.2, -0.15) is 0 Å². The quantitative estimate of drug-likeness (QED) is 0.208. The van der Waals surface area contributed by atoms with Crippen LogP contribution in [0.1, 0.15) is 64.2 Å². The zero-order valence-corrected chi connectivity index (χ0v) is 20.6. The van der Waals surface area contributed by atoms with Crippen molar-refractivity contribution in [3.63, 3.8) is 0 Å². The van der Waals surface area contributed by atoms with Gasteiger partial charge in [-0.25, -0.2) is 14.4 Å². The molecular weight excluding hydrogens is 430 g/mol. The Balaban J connectivity index is 1.84. The van der Waals surface area contributed by atoms with Gasteiger partial charge in [0.2, 0.25) is 0 Å². The molecule has 0 aromatic carbocycles. The second kappa shape index (κ2) is 12.6. The van der Waals surface area contributed by atoms with Crippen LogP contribution in [0, 0.1) is 5.41 Å². The van der Waals surface area contributed by atoms with E-state index in [1.54, 1.807) is 19.1 Å². The van der Waals surface area contributed by atoms with Crippen molar-refractivity contribution in [3.05, 3.63) is 88.8 Å². The molecule has 1 aromatic rings. The van der Waals surface area contributed by atoms with Crippen molar-refractivity contribution in [1.29, 1.82) is 0 Å². The van der Waals surface area contributed by atoms with Gasteiger partial charge in [-0.3, -0.25) is 4.98 Å². The molecule has 1 aliphatic carbocycles. The maximum atomic E-state index is 11.9. The van der Waals surface area contributed by atoms with E-state index >= 15 is 0 Å². The van der Waals surface area contributed by atoms with Crippen molar-refractivity contribution in [2.45, 2.75) is 53.9 Å². The summed E-state index contributed by atoms with van der Waals surface area (Å²) in [5, 5.41) is 0. The van der Waals surface area contributed by atoms with Crippen LogP contribution in [0.4, 0.5) is 0 Å². The number of hydrogen-bond donors (Lipinski definition) is 0. The Labute approximate surface area is 201 Å². The number of carbonyl (C=O) groups is 3. The molecular formula is C28H33NO5. The normalized spacial score (nSPS) is 16.7. The largest absolute Gasteiger partial charge is 0.450 e. The van der Waals surface area contributed by atoms with Gasteiger partial charge in [-0.05, 0) is 68.7 Å². The first-order valence-corrected chi connectivity index (χ1v) is 11.3. The average molecular weight is 464 g/mol. The topological polar surface area (TPSA) is 82.6 Å². The number of ether oxygens (including phenoxy) is 2. The van der Waals surface area contributed by atoms with Crippen LogP contribution in [0.15, 0.2) is 83.3 Å². The number of pyridine rings is 1. The predicted molar refractivity (Wildman–Crippen MR) is 132 cm³/mol. The van der Waals surface area contributed by atoms with E-state index in [0.717, 1.165) is 12.0 Å². The number of aromatic nitrogens is 1. The van der Waals surface area contributed by atoms with Gasteiger partial charge in [0.25, 0.3) is 0 Å². The summed E-state index contributed by atoms with van der Waals surface area (Å²) in [4.78, 5) is 39.2. The zero-order valence-electron chi connectivity index (χ0n) is 20.6. The van der Waals surface area contributed by atoms with Crippen LogP contribution < -0.4 is 0 Å². The maximum absolute atomic E-state index is 11.9. The van der Waals surface area contributed by atoms with Crippen LogP contribution in [-0.4, -0.2) is 29.5 Å². The fraction of sp³-hybridized carbons (Fsp3) is 0.357. The molecule has 0 saturated heterocycles. The summed E-state index contributed by atoms with van der Waals surface area (Å²) < 4.78 is 9.47. The Bertz CT molecular complexity index is 1060.